The lowest BCUT2D eigenvalue weighted by molar-refractivity contribution is -0.153. The zero-order valence-electron chi connectivity index (χ0n) is 10.5. The summed E-state index contributed by atoms with van der Waals surface area (Å²) in [6, 6.07) is 4.48. The van der Waals surface area contributed by atoms with Crippen molar-refractivity contribution in [3.63, 3.8) is 0 Å². The zero-order valence-corrected chi connectivity index (χ0v) is 12.1. The number of esters is 1. The summed E-state index contributed by atoms with van der Waals surface area (Å²) < 4.78 is 19.2. The van der Waals surface area contributed by atoms with Crippen LogP contribution in [0.15, 0.2) is 22.7 Å². The number of rotatable bonds is 1. The summed E-state index contributed by atoms with van der Waals surface area (Å²) in [5.41, 5.74) is -0.271. The molecular formula is C14H14BrFO2. The van der Waals surface area contributed by atoms with E-state index in [9.17, 15) is 9.18 Å². The molecule has 96 valence electrons. The monoisotopic (exact) mass is 312 g/mol. The maximum Gasteiger partial charge on any atom is 0.318 e. The predicted octanol–water partition coefficient (Wildman–Crippen LogP) is 3.67. The molecule has 0 aromatic heterocycles. The van der Waals surface area contributed by atoms with E-state index in [1.54, 1.807) is 32.9 Å². The van der Waals surface area contributed by atoms with E-state index in [0.29, 0.717) is 0 Å². The average Bonchev–Trinajstić information content (AvgIpc) is 2.20. The summed E-state index contributed by atoms with van der Waals surface area (Å²) in [4.78, 5) is 11.4. The molecule has 18 heavy (non-hydrogen) atoms. The van der Waals surface area contributed by atoms with Crippen molar-refractivity contribution in [2.75, 3.05) is 0 Å². The lowest BCUT2D eigenvalue weighted by Crippen LogP contribution is -2.23. The summed E-state index contributed by atoms with van der Waals surface area (Å²) in [6.07, 6.45) is -0.0524. The van der Waals surface area contributed by atoms with Gasteiger partial charge in [0, 0.05) is 4.47 Å². The Hall–Kier alpha value is -1.34. The summed E-state index contributed by atoms with van der Waals surface area (Å²) in [5.74, 6) is 4.40. The highest BCUT2D eigenvalue weighted by Crippen LogP contribution is 2.14. The lowest BCUT2D eigenvalue weighted by Gasteiger charge is -2.18. The van der Waals surface area contributed by atoms with Crippen LogP contribution in [0.25, 0.3) is 0 Å². The van der Waals surface area contributed by atoms with Crippen molar-refractivity contribution in [2.24, 2.45) is 0 Å². The van der Waals surface area contributed by atoms with Gasteiger partial charge in [-0.25, -0.2) is 4.39 Å². The minimum atomic E-state index is -0.528. The molecule has 0 saturated heterocycles. The zero-order chi connectivity index (χ0) is 13.8. The third-order valence-electron chi connectivity index (χ3n) is 1.80. The Kier molecular flexibility index (Phi) is 4.92. The molecule has 0 spiro atoms. The van der Waals surface area contributed by atoms with Crippen molar-refractivity contribution in [1.82, 2.24) is 0 Å². The number of carbonyl (C=O) groups is 1. The number of halogens is 2. The Morgan fingerprint density at radius 1 is 1.44 bits per heavy atom. The third-order valence-corrected chi connectivity index (χ3v) is 2.30. The molecule has 0 unspecified atom stereocenters. The van der Waals surface area contributed by atoms with Crippen LogP contribution in [0.3, 0.4) is 0 Å². The highest BCUT2D eigenvalue weighted by atomic mass is 79.9. The second-order valence-corrected chi connectivity index (χ2v) is 5.60. The largest absolute Gasteiger partial charge is 0.459 e. The van der Waals surface area contributed by atoms with Crippen LogP contribution < -0.4 is 0 Å². The third kappa shape index (κ3) is 5.33. The summed E-state index contributed by atoms with van der Waals surface area (Å²) in [5, 5.41) is 0. The molecule has 2 nitrogen and oxygen atoms in total. The van der Waals surface area contributed by atoms with Gasteiger partial charge in [-0.05, 0) is 39.0 Å². The van der Waals surface area contributed by atoms with Gasteiger partial charge < -0.3 is 4.74 Å². The van der Waals surface area contributed by atoms with E-state index in [-0.39, 0.29) is 12.0 Å². The maximum atomic E-state index is 13.3. The van der Waals surface area contributed by atoms with Crippen LogP contribution in [0.2, 0.25) is 0 Å². The van der Waals surface area contributed by atoms with Crippen LogP contribution in [-0.4, -0.2) is 11.6 Å². The van der Waals surface area contributed by atoms with E-state index in [1.807, 2.05) is 0 Å². The SMILES string of the molecule is CC(C)(C)OC(=O)CC#Cc1cc(Br)ccc1F. The van der Waals surface area contributed by atoms with Crippen LogP contribution in [0.1, 0.15) is 32.8 Å². The van der Waals surface area contributed by atoms with Gasteiger partial charge in [0.05, 0.1) is 5.56 Å². The van der Waals surface area contributed by atoms with Gasteiger partial charge in [0.25, 0.3) is 0 Å². The average molecular weight is 313 g/mol. The second kappa shape index (κ2) is 6.01. The van der Waals surface area contributed by atoms with Crippen LogP contribution in [0.4, 0.5) is 4.39 Å². The first-order valence-electron chi connectivity index (χ1n) is 5.44. The van der Waals surface area contributed by atoms with Crippen molar-refractivity contribution in [1.29, 1.82) is 0 Å². The van der Waals surface area contributed by atoms with Crippen molar-refractivity contribution >= 4 is 21.9 Å². The molecule has 0 amide bonds. The fourth-order valence-electron chi connectivity index (χ4n) is 1.18. The van der Waals surface area contributed by atoms with Gasteiger partial charge in [0.15, 0.2) is 0 Å². The predicted molar refractivity (Wildman–Crippen MR) is 71.4 cm³/mol. The Morgan fingerprint density at radius 3 is 2.72 bits per heavy atom. The van der Waals surface area contributed by atoms with Crippen LogP contribution >= 0.6 is 15.9 Å². The normalized spacial score (nSPS) is 10.5. The quantitative estimate of drug-likeness (QED) is 0.584. The highest BCUT2D eigenvalue weighted by molar-refractivity contribution is 9.10. The van der Waals surface area contributed by atoms with Gasteiger partial charge >= 0.3 is 5.97 Å². The summed E-state index contributed by atoms with van der Waals surface area (Å²) in [7, 11) is 0. The summed E-state index contributed by atoms with van der Waals surface area (Å²) in [6.45, 7) is 5.35. The fraction of sp³-hybridized carbons (Fsp3) is 0.357. The van der Waals surface area contributed by atoms with Gasteiger partial charge in [-0.2, -0.15) is 0 Å². The first-order valence-corrected chi connectivity index (χ1v) is 6.23. The summed E-state index contributed by atoms with van der Waals surface area (Å²) >= 11 is 3.23. The second-order valence-electron chi connectivity index (χ2n) is 4.69. The maximum absolute atomic E-state index is 13.3. The minimum absolute atomic E-state index is 0.0524. The lowest BCUT2D eigenvalue weighted by atomic mass is 10.2. The van der Waals surface area contributed by atoms with Crippen LogP contribution in [0.5, 0.6) is 0 Å². The molecule has 0 heterocycles. The molecule has 1 aromatic rings. The smallest absolute Gasteiger partial charge is 0.318 e. The topological polar surface area (TPSA) is 26.3 Å². The first-order chi connectivity index (χ1) is 8.28. The van der Waals surface area contributed by atoms with Crippen molar-refractivity contribution in [3.8, 4) is 11.8 Å². The molecule has 0 bridgehead atoms. The standard InChI is InChI=1S/C14H14BrFO2/c1-14(2,3)18-13(17)6-4-5-10-9-11(15)7-8-12(10)16/h7-9H,6H2,1-3H3. The number of ether oxygens (including phenoxy) is 1. The fourth-order valence-corrected chi connectivity index (χ4v) is 1.54. The van der Waals surface area contributed by atoms with E-state index in [2.05, 4.69) is 27.8 Å². The van der Waals surface area contributed by atoms with Crippen molar-refractivity contribution in [3.05, 3.63) is 34.1 Å². The Bertz CT molecular complexity index is 507. The van der Waals surface area contributed by atoms with Crippen molar-refractivity contribution in [2.45, 2.75) is 32.8 Å². The highest BCUT2D eigenvalue weighted by Gasteiger charge is 2.14. The molecule has 0 aliphatic rings. The van der Waals surface area contributed by atoms with E-state index < -0.39 is 17.4 Å². The molecule has 1 rings (SSSR count). The first kappa shape index (κ1) is 14.7. The molecule has 0 radical (unpaired) electrons. The van der Waals surface area contributed by atoms with E-state index in [0.717, 1.165) is 4.47 Å². The molecule has 4 heteroatoms. The molecule has 0 aliphatic carbocycles. The van der Waals surface area contributed by atoms with Crippen LogP contribution in [0, 0.1) is 17.7 Å². The molecule has 1 aromatic carbocycles. The number of carbonyl (C=O) groups excluding carboxylic acids is 1. The van der Waals surface area contributed by atoms with Gasteiger partial charge in [0.1, 0.15) is 17.8 Å². The number of hydrogen-bond acceptors (Lipinski definition) is 2. The van der Waals surface area contributed by atoms with E-state index in [1.165, 1.54) is 6.07 Å². The molecular weight excluding hydrogens is 299 g/mol. The molecule has 0 N–H and O–H groups in total. The van der Waals surface area contributed by atoms with Gasteiger partial charge in [-0.15, -0.1) is 0 Å². The van der Waals surface area contributed by atoms with Gasteiger partial charge in [-0.3, -0.25) is 4.79 Å². The van der Waals surface area contributed by atoms with Crippen molar-refractivity contribution < 1.29 is 13.9 Å². The van der Waals surface area contributed by atoms with Gasteiger partial charge in [-0.1, -0.05) is 27.8 Å². The molecule has 0 saturated carbocycles. The van der Waals surface area contributed by atoms with Crippen LogP contribution in [-0.2, 0) is 9.53 Å². The molecule has 0 atom stereocenters. The van der Waals surface area contributed by atoms with E-state index >= 15 is 0 Å². The minimum Gasteiger partial charge on any atom is -0.459 e. The molecule has 0 aliphatic heterocycles. The number of benzene rings is 1. The van der Waals surface area contributed by atoms with Gasteiger partial charge in [0.2, 0.25) is 0 Å². The van der Waals surface area contributed by atoms with E-state index in [4.69, 9.17) is 4.74 Å². The Labute approximate surface area is 115 Å². The Balaban J connectivity index is 2.67. The Morgan fingerprint density at radius 2 is 2.11 bits per heavy atom. The molecule has 0 fully saturated rings. The number of hydrogen-bond donors (Lipinski definition) is 0.